The molecule has 4 nitrogen and oxygen atoms in total. The minimum Gasteiger partial charge on any atom is -0.486 e. The predicted molar refractivity (Wildman–Crippen MR) is 259 cm³/mol. The number of benzene rings is 9. The standard InChI is InChI=1S/C59H40N2O2S/c1-2-14-37(15-3-1)38-26-28-39(29-27-38)60(40-30-32-41(33-31-40)61-55-44-17-5-10-22-51(44)63-57(55)58-56(61)45-18-6-13-25-54(45)64-58)42-34-35-48-46(36-42)43-16-4-7-19-47(43)59(48)49-20-8-11-23-52(49)62-53-24-12-9-21-50(53)59/h1-36,55-58H. The van der Waals surface area contributed by atoms with E-state index in [9.17, 15) is 0 Å². The summed E-state index contributed by atoms with van der Waals surface area (Å²) < 4.78 is 13.4. The normalized spacial score (nSPS) is 19.5. The van der Waals surface area contributed by atoms with Crippen LogP contribution in [0.25, 0.3) is 22.3 Å². The molecular weight excluding hydrogens is 801 g/mol. The summed E-state index contributed by atoms with van der Waals surface area (Å²) in [5.74, 6) is 2.80. The fraction of sp³-hybridized carbons (Fsp3) is 0.0847. The first-order valence-corrected chi connectivity index (χ1v) is 23.1. The van der Waals surface area contributed by atoms with Crippen molar-refractivity contribution in [1.29, 1.82) is 0 Å². The molecule has 5 aliphatic rings. The van der Waals surface area contributed by atoms with Crippen LogP contribution in [0.3, 0.4) is 0 Å². The van der Waals surface area contributed by atoms with Crippen LogP contribution in [0.5, 0.6) is 17.2 Å². The van der Waals surface area contributed by atoms with Gasteiger partial charge in [0.15, 0.2) is 0 Å². The van der Waals surface area contributed by atoms with Crippen molar-refractivity contribution in [2.24, 2.45) is 0 Å². The van der Waals surface area contributed by atoms with E-state index in [1.54, 1.807) is 0 Å². The summed E-state index contributed by atoms with van der Waals surface area (Å²) in [6.45, 7) is 0. The third-order valence-corrected chi connectivity index (χ3v) is 15.7. The topological polar surface area (TPSA) is 24.9 Å². The Hall–Kier alpha value is -7.47. The van der Waals surface area contributed by atoms with E-state index in [-0.39, 0.29) is 18.2 Å². The van der Waals surface area contributed by atoms with E-state index in [4.69, 9.17) is 9.47 Å². The number of rotatable bonds is 5. The first kappa shape index (κ1) is 36.1. The zero-order valence-electron chi connectivity index (χ0n) is 34.7. The first-order valence-electron chi connectivity index (χ1n) is 22.2. The molecule has 4 unspecified atom stereocenters. The zero-order chi connectivity index (χ0) is 41.9. The van der Waals surface area contributed by atoms with Gasteiger partial charge in [0, 0.05) is 44.3 Å². The molecule has 4 heterocycles. The van der Waals surface area contributed by atoms with Crippen LogP contribution in [0.1, 0.15) is 45.5 Å². The summed E-state index contributed by atoms with van der Waals surface area (Å²) in [5.41, 5.74) is 16.4. The summed E-state index contributed by atoms with van der Waals surface area (Å²) in [7, 11) is 0. The van der Waals surface area contributed by atoms with Crippen LogP contribution in [0.15, 0.2) is 223 Å². The number of anilines is 4. The third-order valence-electron chi connectivity index (χ3n) is 14.3. The maximum absolute atomic E-state index is 6.81. The molecule has 64 heavy (non-hydrogen) atoms. The van der Waals surface area contributed by atoms with Crippen molar-refractivity contribution in [2.75, 3.05) is 9.80 Å². The summed E-state index contributed by atoms with van der Waals surface area (Å²) in [6.07, 6.45) is 0.0614. The van der Waals surface area contributed by atoms with Crippen LogP contribution in [-0.2, 0) is 5.41 Å². The number of thioether (sulfide) groups is 1. The van der Waals surface area contributed by atoms with Gasteiger partial charge in [0.2, 0.25) is 0 Å². The first-order chi connectivity index (χ1) is 31.7. The number of ether oxygens (including phenoxy) is 2. The Morgan fingerprint density at radius 2 is 1.00 bits per heavy atom. The van der Waals surface area contributed by atoms with Crippen molar-refractivity contribution in [2.45, 2.75) is 33.7 Å². The van der Waals surface area contributed by atoms with Crippen LogP contribution in [0.2, 0.25) is 0 Å². The smallest absolute Gasteiger partial charge is 0.138 e. The zero-order valence-corrected chi connectivity index (χ0v) is 35.5. The lowest BCUT2D eigenvalue weighted by Crippen LogP contribution is -2.32. The highest BCUT2D eigenvalue weighted by atomic mass is 32.2. The molecule has 5 heteroatoms. The number of nitrogens with zero attached hydrogens (tertiary/aromatic N) is 2. The van der Waals surface area contributed by atoms with Gasteiger partial charge >= 0.3 is 0 Å². The van der Waals surface area contributed by atoms with Crippen molar-refractivity contribution in [3.8, 4) is 39.5 Å². The molecule has 14 rings (SSSR count). The largest absolute Gasteiger partial charge is 0.486 e. The highest BCUT2D eigenvalue weighted by Gasteiger charge is 2.58. The van der Waals surface area contributed by atoms with Crippen molar-refractivity contribution in [1.82, 2.24) is 0 Å². The summed E-state index contributed by atoms with van der Waals surface area (Å²) in [4.78, 5) is 6.43. The van der Waals surface area contributed by atoms with Crippen LogP contribution in [0.4, 0.5) is 22.7 Å². The molecule has 0 aromatic heterocycles. The van der Waals surface area contributed by atoms with E-state index in [0.29, 0.717) is 5.25 Å². The Bertz CT molecular complexity index is 3210. The molecule has 1 aliphatic carbocycles. The number of para-hydroxylation sites is 3. The average molecular weight is 841 g/mol. The quantitative estimate of drug-likeness (QED) is 0.172. The second kappa shape index (κ2) is 13.8. The number of fused-ring (bicyclic) bond motifs is 16. The second-order valence-corrected chi connectivity index (χ2v) is 18.6. The van der Waals surface area contributed by atoms with E-state index < -0.39 is 5.41 Å². The van der Waals surface area contributed by atoms with Gasteiger partial charge in [-0.15, -0.1) is 11.8 Å². The Kier molecular flexibility index (Phi) is 7.75. The van der Waals surface area contributed by atoms with Gasteiger partial charge in [-0.3, -0.25) is 0 Å². The summed E-state index contributed by atoms with van der Waals surface area (Å²) >= 11 is 1.98. The maximum Gasteiger partial charge on any atom is 0.138 e. The van der Waals surface area contributed by atoms with Crippen molar-refractivity contribution >= 4 is 34.5 Å². The highest BCUT2D eigenvalue weighted by Crippen LogP contribution is 2.64. The van der Waals surface area contributed by atoms with Crippen molar-refractivity contribution in [3.63, 3.8) is 0 Å². The molecule has 0 N–H and O–H groups in total. The fourth-order valence-electron chi connectivity index (χ4n) is 11.7. The van der Waals surface area contributed by atoms with Gasteiger partial charge in [-0.1, -0.05) is 146 Å². The lowest BCUT2D eigenvalue weighted by Gasteiger charge is -2.39. The van der Waals surface area contributed by atoms with Crippen molar-refractivity contribution < 1.29 is 9.47 Å². The molecule has 4 aliphatic heterocycles. The average Bonchev–Trinajstić information content (AvgIpc) is 4.09. The van der Waals surface area contributed by atoms with E-state index in [2.05, 4.69) is 228 Å². The van der Waals surface area contributed by atoms with Crippen LogP contribution in [0, 0.1) is 0 Å². The highest BCUT2D eigenvalue weighted by molar-refractivity contribution is 8.00. The molecule has 9 aromatic rings. The van der Waals surface area contributed by atoms with Crippen LogP contribution >= 0.6 is 11.8 Å². The van der Waals surface area contributed by atoms with Gasteiger partial charge in [0.25, 0.3) is 0 Å². The minimum absolute atomic E-state index is 0.0614. The van der Waals surface area contributed by atoms with E-state index >= 15 is 0 Å². The lowest BCUT2D eigenvalue weighted by atomic mass is 9.66. The van der Waals surface area contributed by atoms with Gasteiger partial charge < -0.3 is 19.3 Å². The van der Waals surface area contributed by atoms with Gasteiger partial charge in [0.1, 0.15) is 23.4 Å². The molecule has 1 fully saturated rings. The molecular formula is C59H40N2O2S. The Balaban J connectivity index is 0.928. The SMILES string of the molecule is c1ccc(-c2ccc(N(c3ccc(N4C5c6ccccc6OC5C5Sc6ccccc6C54)cc3)c3ccc4c(c3)-c3ccccc3C43c4ccccc4Oc4ccccc43)cc2)cc1. The molecule has 0 bridgehead atoms. The second-order valence-electron chi connectivity index (χ2n) is 17.4. The molecule has 0 saturated carbocycles. The fourth-order valence-corrected chi connectivity index (χ4v) is 13.2. The van der Waals surface area contributed by atoms with Crippen molar-refractivity contribution in [3.05, 3.63) is 252 Å². The lowest BCUT2D eigenvalue weighted by molar-refractivity contribution is 0.229. The number of hydrogen-bond acceptors (Lipinski definition) is 5. The number of hydrogen-bond donors (Lipinski definition) is 0. The molecule has 0 radical (unpaired) electrons. The summed E-state index contributed by atoms with van der Waals surface area (Å²) in [6, 6.07) is 80.1. The minimum atomic E-state index is -0.523. The van der Waals surface area contributed by atoms with Gasteiger partial charge in [-0.25, -0.2) is 0 Å². The molecule has 304 valence electrons. The maximum atomic E-state index is 6.81. The monoisotopic (exact) mass is 840 g/mol. The molecule has 9 aromatic carbocycles. The van der Waals surface area contributed by atoms with Gasteiger partial charge in [-0.05, 0) is 112 Å². The Labute approximate surface area is 377 Å². The van der Waals surface area contributed by atoms with E-state index in [0.717, 1.165) is 34.3 Å². The molecule has 4 atom stereocenters. The van der Waals surface area contributed by atoms with Gasteiger partial charge in [0.05, 0.1) is 22.7 Å². The van der Waals surface area contributed by atoms with E-state index in [1.165, 1.54) is 66.2 Å². The Morgan fingerprint density at radius 3 is 1.75 bits per heavy atom. The van der Waals surface area contributed by atoms with Crippen LogP contribution in [-0.4, -0.2) is 11.4 Å². The third kappa shape index (κ3) is 5.01. The summed E-state index contributed by atoms with van der Waals surface area (Å²) in [5, 5.41) is 0.293. The van der Waals surface area contributed by atoms with E-state index in [1.807, 2.05) is 11.8 Å². The molecule has 1 saturated heterocycles. The van der Waals surface area contributed by atoms with Crippen LogP contribution < -0.4 is 19.3 Å². The predicted octanol–water partition coefficient (Wildman–Crippen LogP) is 14.8. The molecule has 0 amide bonds. The molecule has 1 spiro atoms. The Morgan fingerprint density at radius 1 is 0.438 bits per heavy atom. The van der Waals surface area contributed by atoms with Gasteiger partial charge in [-0.2, -0.15) is 0 Å².